The number of hydrogen-bond acceptors (Lipinski definition) is 4. The van der Waals surface area contributed by atoms with Crippen LogP contribution in [0.2, 0.25) is 0 Å². The van der Waals surface area contributed by atoms with E-state index in [2.05, 4.69) is 17.2 Å². The Kier molecular flexibility index (Phi) is 5.91. The average molecular weight is 278 g/mol. The van der Waals surface area contributed by atoms with Gasteiger partial charge in [0.15, 0.2) is 0 Å². The standard InChI is InChI=1S/C14H22N4O2/c1-4-6-8-9-16-11-12(15)18(10-7-5-2)14(20)17(3)13(11)19/h16H,5,7-10,15H2,1-3H3. The van der Waals surface area contributed by atoms with Crippen LogP contribution in [0.3, 0.4) is 0 Å². The molecule has 0 bridgehead atoms. The lowest BCUT2D eigenvalue weighted by atomic mass is 10.3. The quantitative estimate of drug-likeness (QED) is 0.594. The molecule has 6 nitrogen and oxygen atoms in total. The van der Waals surface area contributed by atoms with Crippen molar-refractivity contribution in [2.45, 2.75) is 39.7 Å². The fourth-order valence-electron chi connectivity index (χ4n) is 1.86. The van der Waals surface area contributed by atoms with Gasteiger partial charge in [-0.15, -0.1) is 11.8 Å². The molecule has 20 heavy (non-hydrogen) atoms. The van der Waals surface area contributed by atoms with Gasteiger partial charge < -0.3 is 11.1 Å². The van der Waals surface area contributed by atoms with Crippen LogP contribution >= 0.6 is 0 Å². The predicted molar refractivity (Wildman–Crippen MR) is 81.8 cm³/mol. The largest absolute Gasteiger partial charge is 0.383 e. The lowest BCUT2D eigenvalue weighted by molar-refractivity contribution is 0.575. The number of aromatic nitrogens is 2. The van der Waals surface area contributed by atoms with E-state index < -0.39 is 5.56 Å². The van der Waals surface area contributed by atoms with Gasteiger partial charge in [-0.3, -0.25) is 13.9 Å². The summed E-state index contributed by atoms with van der Waals surface area (Å²) in [5.74, 6) is 5.89. The highest BCUT2D eigenvalue weighted by atomic mass is 16.2. The van der Waals surface area contributed by atoms with Crippen molar-refractivity contribution < 1.29 is 0 Å². The average Bonchev–Trinajstić information content (AvgIpc) is 2.44. The topological polar surface area (TPSA) is 82.0 Å². The second kappa shape index (κ2) is 7.43. The molecule has 1 heterocycles. The highest BCUT2D eigenvalue weighted by molar-refractivity contribution is 5.60. The summed E-state index contributed by atoms with van der Waals surface area (Å²) in [4.78, 5) is 24.1. The molecule has 0 radical (unpaired) electrons. The lowest BCUT2D eigenvalue weighted by Gasteiger charge is -2.15. The van der Waals surface area contributed by atoms with Crippen molar-refractivity contribution in [3.8, 4) is 11.8 Å². The van der Waals surface area contributed by atoms with E-state index in [1.165, 1.54) is 11.6 Å². The highest BCUT2D eigenvalue weighted by Gasteiger charge is 2.14. The number of unbranched alkanes of at least 4 members (excludes halogenated alkanes) is 1. The van der Waals surface area contributed by atoms with Crippen molar-refractivity contribution in [1.29, 1.82) is 0 Å². The van der Waals surface area contributed by atoms with Crippen LogP contribution < -0.4 is 22.3 Å². The van der Waals surface area contributed by atoms with Crippen molar-refractivity contribution in [2.75, 3.05) is 17.6 Å². The molecule has 0 aliphatic carbocycles. The van der Waals surface area contributed by atoms with E-state index in [0.29, 0.717) is 19.5 Å². The van der Waals surface area contributed by atoms with Crippen LogP contribution in [0.1, 0.15) is 33.1 Å². The fourth-order valence-corrected chi connectivity index (χ4v) is 1.86. The first-order valence-corrected chi connectivity index (χ1v) is 6.77. The number of hydrogen-bond donors (Lipinski definition) is 2. The Morgan fingerprint density at radius 3 is 2.65 bits per heavy atom. The second-order valence-electron chi connectivity index (χ2n) is 4.52. The third-order valence-corrected chi connectivity index (χ3v) is 3.05. The Balaban J connectivity index is 3.15. The van der Waals surface area contributed by atoms with Crippen molar-refractivity contribution in [3.05, 3.63) is 20.8 Å². The number of nitrogen functional groups attached to an aromatic ring is 1. The van der Waals surface area contributed by atoms with Crippen molar-refractivity contribution in [2.24, 2.45) is 7.05 Å². The van der Waals surface area contributed by atoms with Gasteiger partial charge in [-0.25, -0.2) is 4.79 Å². The first-order valence-electron chi connectivity index (χ1n) is 6.77. The number of anilines is 2. The van der Waals surface area contributed by atoms with Crippen LogP contribution in [0, 0.1) is 11.8 Å². The van der Waals surface area contributed by atoms with Crippen LogP contribution in [-0.2, 0) is 13.6 Å². The normalized spacial score (nSPS) is 9.95. The van der Waals surface area contributed by atoms with E-state index in [9.17, 15) is 9.59 Å². The van der Waals surface area contributed by atoms with E-state index in [-0.39, 0.29) is 17.2 Å². The number of nitrogens with zero attached hydrogens (tertiary/aromatic N) is 2. The van der Waals surface area contributed by atoms with Crippen LogP contribution in [0.25, 0.3) is 0 Å². The molecule has 0 atom stereocenters. The third-order valence-electron chi connectivity index (χ3n) is 3.05. The van der Waals surface area contributed by atoms with Crippen molar-refractivity contribution >= 4 is 11.5 Å². The molecule has 0 saturated heterocycles. The molecular formula is C14H22N4O2. The Bertz CT molecular complexity index is 632. The predicted octanol–water partition coefficient (Wildman–Crippen LogP) is 0.755. The number of rotatable bonds is 6. The minimum absolute atomic E-state index is 0.205. The molecule has 110 valence electrons. The van der Waals surface area contributed by atoms with E-state index in [1.54, 1.807) is 6.92 Å². The Hall–Kier alpha value is -2.16. The zero-order chi connectivity index (χ0) is 15.1. The molecule has 0 saturated carbocycles. The Morgan fingerprint density at radius 2 is 2.05 bits per heavy atom. The molecule has 6 heteroatoms. The molecule has 0 fully saturated rings. The SMILES string of the molecule is CC#CCCNc1c(N)n(CCCC)c(=O)n(C)c1=O. The van der Waals surface area contributed by atoms with E-state index >= 15 is 0 Å². The zero-order valence-corrected chi connectivity index (χ0v) is 12.3. The lowest BCUT2D eigenvalue weighted by Crippen LogP contribution is -2.40. The van der Waals surface area contributed by atoms with Gasteiger partial charge in [0, 0.05) is 26.6 Å². The van der Waals surface area contributed by atoms with Crippen molar-refractivity contribution in [1.82, 2.24) is 9.13 Å². The maximum atomic E-state index is 12.1. The third kappa shape index (κ3) is 3.44. The molecule has 0 amide bonds. The maximum Gasteiger partial charge on any atom is 0.332 e. The second-order valence-corrected chi connectivity index (χ2v) is 4.52. The molecule has 1 rings (SSSR count). The van der Waals surface area contributed by atoms with Gasteiger partial charge in [0.2, 0.25) is 0 Å². The summed E-state index contributed by atoms with van der Waals surface area (Å²) >= 11 is 0. The van der Waals surface area contributed by atoms with E-state index in [1.807, 2.05) is 6.92 Å². The monoisotopic (exact) mass is 278 g/mol. The van der Waals surface area contributed by atoms with Crippen LogP contribution in [0.15, 0.2) is 9.59 Å². The van der Waals surface area contributed by atoms with Gasteiger partial charge in [0.05, 0.1) is 0 Å². The van der Waals surface area contributed by atoms with E-state index in [4.69, 9.17) is 5.73 Å². The highest BCUT2D eigenvalue weighted by Crippen LogP contribution is 2.11. The van der Waals surface area contributed by atoms with Gasteiger partial charge in [-0.05, 0) is 13.3 Å². The van der Waals surface area contributed by atoms with Crippen LogP contribution in [-0.4, -0.2) is 15.7 Å². The molecular weight excluding hydrogens is 256 g/mol. The molecule has 0 aliphatic heterocycles. The smallest absolute Gasteiger partial charge is 0.332 e. The Morgan fingerprint density at radius 1 is 1.35 bits per heavy atom. The van der Waals surface area contributed by atoms with Gasteiger partial charge in [-0.2, -0.15) is 0 Å². The van der Waals surface area contributed by atoms with Gasteiger partial charge in [0.1, 0.15) is 11.5 Å². The molecule has 0 unspecified atom stereocenters. The summed E-state index contributed by atoms with van der Waals surface area (Å²) in [6.45, 7) is 4.83. The molecule has 0 aromatic carbocycles. The van der Waals surface area contributed by atoms with Crippen LogP contribution in [0.5, 0.6) is 0 Å². The van der Waals surface area contributed by atoms with E-state index in [0.717, 1.165) is 17.4 Å². The summed E-state index contributed by atoms with van der Waals surface area (Å²) < 4.78 is 2.53. The summed E-state index contributed by atoms with van der Waals surface area (Å²) in [6, 6.07) is 0. The maximum absolute atomic E-state index is 12.1. The molecule has 1 aromatic rings. The summed E-state index contributed by atoms with van der Waals surface area (Å²) in [6.07, 6.45) is 2.40. The molecule has 3 N–H and O–H groups in total. The minimum atomic E-state index is -0.398. The van der Waals surface area contributed by atoms with Gasteiger partial charge >= 0.3 is 5.69 Å². The first kappa shape index (κ1) is 15.9. The molecule has 0 aliphatic rings. The number of nitrogens with two attached hydrogens (primary N) is 1. The summed E-state index contributed by atoms with van der Waals surface area (Å²) in [5.41, 5.74) is 5.47. The molecule has 1 aromatic heterocycles. The zero-order valence-electron chi connectivity index (χ0n) is 12.3. The Labute approximate surface area is 118 Å². The molecule has 0 spiro atoms. The number of nitrogens with one attached hydrogen (secondary N) is 1. The fraction of sp³-hybridized carbons (Fsp3) is 0.571. The summed E-state index contributed by atoms with van der Waals surface area (Å²) in [5, 5.41) is 2.98. The van der Waals surface area contributed by atoms with Crippen LogP contribution in [0.4, 0.5) is 11.5 Å². The van der Waals surface area contributed by atoms with Crippen molar-refractivity contribution in [3.63, 3.8) is 0 Å². The summed E-state index contributed by atoms with van der Waals surface area (Å²) in [7, 11) is 1.46. The van der Waals surface area contributed by atoms with Gasteiger partial charge in [0.25, 0.3) is 5.56 Å². The minimum Gasteiger partial charge on any atom is -0.383 e. The first-order chi connectivity index (χ1) is 9.54. The van der Waals surface area contributed by atoms with Gasteiger partial charge in [-0.1, -0.05) is 13.3 Å².